The van der Waals surface area contributed by atoms with Crippen LogP contribution in [0, 0.1) is 0 Å². The smallest absolute Gasteiger partial charge is 0.324 e. The molecule has 0 radical (unpaired) electrons. The van der Waals surface area contributed by atoms with E-state index < -0.39 is 17.6 Å². The van der Waals surface area contributed by atoms with E-state index in [9.17, 15) is 18.0 Å². The van der Waals surface area contributed by atoms with Crippen LogP contribution in [0.4, 0.5) is 18.9 Å². The first kappa shape index (κ1) is 19.7. The third-order valence-corrected chi connectivity index (χ3v) is 5.80. The molecule has 0 fully saturated rings. The van der Waals surface area contributed by atoms with Gasteiger partial charge in [0.15, 0.2) is 4.34 Å². The van der Waals surface area contributed by atoms with Crippen LogP contribution in [0.25, 0.3) is 11.3 Å². The molecule has 0 aliphatic heterocycles. The van der Waals surface area contributed by atoms with Gasteiger partial charge >= 0.3 is 6.18 Å². The van der Waals surface area contributed by atoms with Gasteiger partial charge in [0.1, 0.15) is 0 Å². The summed E-state index contributed by atoms with van der Waals surface area (Å²) in [6.45, 7) is 0. The summed E-state index contributed by atoms with van der Waals surface area (Å²) in [6.07, 6.45) is -4.51. The molecule has 0 saturated carbocycles. The number of benzene rings is 2. The highest BCUT2D eigenvalue weighted by molar-refractivity contribution is 8.01. The Kier molecular flexibility index (Phi) is 6.08. The Morgan fingerprint density at radius 2 is 1.93 bits per heavy atom. The van der Waals surface area contributed by atoms with Crippen molar-refractivity contribution in [1.82, 2.24) is 4.98 Å². The van der Waals surface area contributed by atoms with Gasteiger partial charge in [-0.2, -0.15) is 13.2 Å². The van der Waals surface area contributed by atoms with Gasteiger partial charge in [0.25, 0.3) is 0 Å². The largest absolute Gasteiger partial charge is 0.416 e. The first-order valence-electron chi connectivity index (χ1n) is 7.63. The molecule has 27 heavy (non-hydrogen) atoms. The number of thioether (sulfide) groups is 1. The number of nitrogens with zero attached hydrogens (tertiary/aromatic N) is 1. The highest BCUT2D eigenvalue weighted by Gasteiger charge is 2.31. The van der Waals surface area contributed by atoms with E-state index in [-0.39, 0.29) is 16.5 Å². The van der Waals surface area contributed by atoms with E-state index in [2.05, 4.69) is 10.3 Å². The zero-order valence-electron chi connectivity index (χ0n) is 13.6. The third-order valence-electron chi connectivity index (χ3n) is 3.45. The molecule has 1 amide bonds. The Hall–Kier alpha value is -2.03. The van der Waals surface area contributed by atoms with Crippen LogP contribution in [-0.4, -0.2) is 16.6 Å². The number of alkyl halides is 3. The van der Waals surface area contributed by atoms with Crippen LogP contribution in [0.15, 0.2) is 58.3 Å². The van der Waals surface area contributed by atoms with Crippen LogP contribution in [0.3, 0.4) is 0 Å². The predicted molar refractivity (Wildman–Crippen MR) is 103 cm³/mol. The maximum Gasteiger partial charge on any atom is 0.416 e. The fourth-order valence-corrected chi connectivity index (χ4v) is 3.98. The van der Waals surface area contributed by atoms with Crippen molar-refractivity contribution < 1.29 is 18.0 Å². The maximum atomic E-state index is 12.8. The highest BCUT2D eigenvalue weighted by Crippen LogP contribution is 2.34. The maximum absolute atomic E-state index is 12.8. The van der Waals surface area contributed by atoms with E-state index in [0.29, 0.717) is 4.34 Å². The fourth-order valence-electron chi connectivity index (χ4n) is 2.18. The lowest BCUT2D eigenvalue weighted by atomic mass is 10.2. The molecule has 9 heteroatoms. The van der Waals surface area contributed by atoms with Crippen molar-refractivity contribution in [2.24, 2.45) is 0 Å². The Morgan fingerprint density at radius 3 is 2.63 bits per heavy atom. The summed E-state index contributed by atoms with van der Waals surface area (Å²) in [5.41, 5.74) is 0.841. The zero-order chi connectivity index (χ0) is 19.4. The van der Waals surface area contributed by atoms with Gasteiger partial charge in [-0.25, -0.2) is 4.98 Å². The van der Waals surface area contributed by atoms with Crippen LogP contribution >= 0.6 is 34.7 Å². The average Bonchev–Trinajstić information content (AvgIpc) is 3.11. The molecule has 3 rings (SSSR count). The lowest BCUT2D eigenvalue weighted by Gasteiger charge is -2.11. The summed E-state index contributed by atoms with van der Waals surface area (Å²) in [4.78, 5) is 16.5. The second-order valence-electron chi connectivity index (χ2n) is 5.39. The summed E-state index contributed by atoms with van der Waals surface area (Å²) in [5.74, 6) is -0.452. The first-order chi connectivity index (χ1) is 12.8. The van der Waals surface area contributed by atoms with Crippen LogP contribution in [-0.2, 0) is 11.0 Å². The SMILES string of the molecule is O=C(CSc1nc(-c2ccccc2)cs1)Nc1cc(C(F)(F)F)ccc1Cl. The standard InChI is InChI=1S/C18H12ClF3N2OS2/c19-13-7-6-12(18(20,21)22)8-14(13)23-16(25)10-27-17-24-15(9-26-17)11-4-2-1-3-5-11/h1-9H,10H2,(H,23,25). The summed E-state index contributed by atoms with van der Waals surface area (Å²) < 4.78 is 39.0. The molecule has 0 saturated heterocycles. The Morgan fingerprint density at radius 1 is 1.19 bits per heavy atom. The molecule has 3 aromatic rings. The van der Waals surface area contributed by atoms with Gasteiger partial charge in [0.2, 0.25) is 5.91 Å². The van der Waals surface area contributed by atoms with Gasteiger partial charge in [-0.05, 0) is 18.2 Å². The Bertz CT molecular complexity index is 945. The van der Waals surface area contributed by atoms with Crippen molar-refractivity contribution in [2.75, 3.05) is 11.1 Å². The van der Waals surface area contributed by atoms with E-state index >= 15 is 0 Å². The third kappa shape index (κ3) is 5.24. The molecule has 0 unspecified atom stereocenters. The van der Waals surface area contributed by atoms with E-state index in [4.69, 9.17) is 11.6 Å². The van der Waals surface area contributed by atoms with Crippen LogP contribution in [0.2, 0.25) is 5.02 Å². The highest BCUT2D eigenvalue weighted by atomic mass is 35.5. The van der Waals surface area contributed by atoms with Crippen LogP contribution in [0.1, 0.15) is 5.56 Å². The number of amides is 1. The number of carbonyl (C=O) groups is 1. The van der Waals surface area contributed by atoms with Gasteiger partial charge < -0.3 is 5.32 Å². The van der Waals surface area contributed by atoms with Gasteiger partial charge in [0, 0.05) is 10.9 Å². The average molecular weight is 429 g/mol. The lowest BCUT2D eigenvalue weighted by molar-refractivity contribution is -0.137. The van der Waals surface area contributed by atoms with E-state index in [1.165, 1.54) is 23.1 Å². The second kappa shape index (κ2) is 8.33. The number of hydrogen-bond acceptors (Lipinski definition) is 4. The normalized spacial score (nSPS) is 11.4. The number of thiazole rings is 1. The number of halogens is 4. The first-order valence-corrected chi connectivity index (χ1v) is 9.87. The molecular weight excluding hydrogens is 417 g/mol. The minimum Gasteiger partial charge on any atom is -0.324 e. The zero-order valence-corrected chi connectivity index (χ0v) is 16.0. The molecule has 0 aliphatic rings. The van der Waals surface area contributed by atoms with Crippen molar-refractivity contribution in [2.45, 2.75) is 10.5 Å². The summed E-state index contributed by atoms with van der Waals surface area (Å²) in [7, 11) is 0. The van der Waals surface area contributed by atoms with Crippen molar-refractivity contribution in [1.29, 1.82) is 0 Å². The molecule has 3 nitrogen and oxygen atoms in total. The molecule has 0 atom stereocenters. The van der Waals surface area contributed by atoms with Crippen molar-refractivity contribution in [3.05, 3.63) is 64.5 Å². The van der Waals surface area contributed by atoms with Crippen molar-refractivity contribution in [3.8, 4) is 11.3 Å². The quantitative estimate of drug-likeness (QED) is 0.491. The Balaban J connectivity index is 1.62. The molecule has 2 aromatic carbocycles. The van der Waals surface area contributed by atoms with Crippen molar-refractivity contribution in [3.63, 3.8) is 0 Å². The molecule has 0 bridgehead atoms. The van der Waals surface area contributed by atoms with E-state index in [1.54, 1.807) is 0 Å². The van der Waals surface area contributed by atoms with Gasteiger partial charge in [-0.15, -0.1) is 11.3 Å². The van der Waals surface area contributed by atoms with Gasteiger partial charge in [0.05, 0.1) is 27.7 Å². The molecular formula is C18H12ClF3N2OS2. The molecule has 0 spiro atoms. The lowest BCUT2D eigenvalue weighted by Crippen LogP contribution is -2.15. The predicted octanol–water partition coefficient (Wildman–Crippen LogP) is 6.21. The van der Waals surface area contributed by atoms with Crippen LogP contribution < -0.4 is 5.32 Å². The van der Waals surface area contributed by atoms with E-state index in [1.807, 2.05) is 35.7 Å². The van der Waals surface area contributed by atoms with E-state index in [0.717, 1.165) is 29.5 Å². The molecule has 1 N–H and O–H groups in total. The fraction of sp³-hybridized carbons (Fsp3) is 0.111. The molecule has 0 aliphatic carbocycles. The minimum absolute atomic E-state index is 0.00825. The van der Waals surface area contributed by atoms with Crippen LogP contribution in [0.5, 0.6) is 0 Å². The van der Waals surface area contributed by atoms with Gasteiger partial charge in [-0.1, -0.05) is 53.7 Å². The number of aromatic nitrogens is 1. The minimum atomic E-state index is -4.51. The molecule has 1 aromatic heterocycles. The summed E-state index contributed by atoms with van der Waals surface area (Å²) >= 11 is 8.49. The number of anilines is 1. The molecule has 1 heterocycles. The number of hydrogen-bond donors (Lipinski definition) is 1. The Labute approximate surface area is 166 Å². The monoisotopic (exact) mass is 428 g/mol. The number of nitrogens with one attached hydrogen (secondary N) is 1. The summed E-state index contributed by atoms with van der Waals surface area (Å²) in [6, 6.07) is 12.4. The second-order valence-corrected chi connectivity index (χ2v) is 7.88. The topological polar surface area (TPSA) is 42.0 Å². The molecule has 140 valence electrons. The van der Waals surface area contributed by atoms with Crippen molar-refractivity contribution >= 4 is 46.3 Å². The number of rotatable bonds is 5. The van der Waals surface area contributed by atoms with Gasteiger partial charge in [-0.3, -0.25) is 4.79 Å². The summed E-state index contributed by atoms with van der Waals surface area (Å²) in [5, 5.41) is 4.35. The number of carbonyl (C=O) groups excluding carboxylic acids is 1.